The van der Waals surface area contributed by atoms with Crippen molar-refractivity contribution in [1.29, 1.82) is 0 Å². The molecule has 8 aromatic carbocycles. The molecule has 51 heavy (non-hydrogen) atoms. The van der Waals surface area contributed by atoms with Gasteiger partial charge in [0.05, 0.1) is 0 Å². The molecule has 4 heteroatoms. The van der Waals surface area contributed by atoms with Crippen molar-refractivity contribution in [2.75, 3.05) is 0 Å². The minimum atomic E-state index is 0.660. The van der Waals surface area contributed by atoms with Crippen LogP contribution >= 0.6 is 11.3 Å². The summed E-state index contributed by atoms with van der Waals surface area (Å²) in [6.45, 7) is 0. The topological polar surface area (TPSA) is 38.7 Å². The van der Waals surface area contributed by atoms with E-state index in [0.717, 1.165) is 22.1 Å². The van der Waals surface area contributed by atoms with Crippen LogP contribution in [0.5, 0.6) is 0 Å². The van der Waals surface area contributed by atoms with Gasteiger partial charge in [-0.3, -0.25) is 0 Å². The van der Waals surface area contributed by atoms with Crippen LogP contribution in [0.1, 0.15) is 0 Å². The average Bonchev–Trinajstić information content (AvgIpc) is 3.55. The van der Waals surface area contributed by atoms with Gasteiger partial charge < -0.3 is 0 Å². The summed E-state index contributed by atoms with van der Waals surface area (Å²) in [7, 11) is 0. The molecule has 0 spiro atoms. The number of hydrogen-bond donors (Lipinski definition) is 0. The molecule has 1 aliphatic rings. The molecule has 0 radical (unpaired) electrons. The Hall–Kier alpha value is -6.49. The van der Waals surface area contributed by atoms with Crippen LogP contribution < -0.4 is 0 Å². The number of aromatic nitrogens is 3. The second-order valence-electron chi connectivity index (χ2n) is 13.1. The van der Waals surface area contributed by atoms with E-state index in [0.29, 0.717) is 17.5 Å². The SMILES string of the molecule is c1ccc(-c2nc(-c3ccccc3)nc(-c3ccc(-c4ccc5c6c4sc4cccc(c46)-c4cccc6cccc-5c46)c4ccccc34)n2)cc1. The molecule has 11 rings (SSSR count). The van der Waals surface area contributed by atoms with E-state index in [1.54, 1.807) is 0 Å². The Morgan fingerprint density at radius 2 is 0.804 bits per heavy atom. The van der Waals surface area contributed by atoms with E-state index in [4.69, 9.17) is 15.0 Å². The molecule has 0 fully saturated rings. The van der Waals surface area contributed by atoms with Crippen molar-refractivity contribution in [1.82, 2.24) is 15.0 Å². The van der Waals surface area contributed by atoms with Gasteiger partial charge in [-0.05, 0) is 61.5 Å². The smallest absolute Gasteiger partial charge is 0.164 e. The predicted octanol–water partition coefficient (Wildman–Crippen LogP) is 12.9. The van der Waals surface area contributed by atoms with E-state index < -0.39 is 0 Å². The van der Waals surface area contributed by atoms with Crippen LogP contribution in [0.15, 0.2) is 164 Å². The third-order valence-corrected chi connectivity index (χ3v) is 11.5. The monoisotopic (exact) mass is 665 g/mol. The van der Waals surface area contributed by atoms with E-state index >= 15 is 0 Å². The third kappa shape index (κ3) is 4.27. The summed E-state index contributed by atoms with van der Waals surface area (Å²) < 4.78 is 2.63. The van der Waals surface area contributed by atoms with Crippen molar-refractivity contribution in [3.05, 3.63) is 164 Å². The summed E-state index contributed by atoms with van der Waals surface area (Å²) in [6.07, 6.45) is 0. The fraction of sp³-hybridized carbons (Fsp3) is 0. The first-order valence-electron chi connectivity index (χ1n) is 17.2. The average molecular weight is 666 g/mol. The summed E-state index contributed by atoms with van der Waals surface area (Å²) in [5.41, 5.74) is 10.6. The molecule has 0 aliphatic heterocycles. The number of hydrogen-bond acceptors (Lipinski definition) is 4. The first kappa shape index (κ1) is 28.4. The predicted molar refractivity (Wildman–Crippen MR) is 214 cm³/mol. The summed E-state index contributed by atoms with van der Waals surface area (Å²) in [5, 5.41) is 7.59. The van der Waals surface area contributed by atoms with Gasteiger partial charge in [0.1, 0.15) is 0 Å². The zero-order chi connectivity index (χ0) is 33.5. The molecule has 0 atom stereocenters. The maximum Gasteiger partial charge on any atom is 0.164 e. The molecule has 0 saturated heterocycles. The highest BCUT2D eigenvalue weighted by molar-refractivity contribution is 7.26. The van der Waals surface area contributed by atoms with E-state index in [2.05, 4.69) is 127 Å². The van der Waals surface area contributed by atoms with Crippen molar-refractivity contribution in [2.24, 2.45) is 0 Å². The molecular weight excluding hydrogens is 639 g/mol. The summed E-state index contributed by atoms with van der Waals surface area (Å²) in [4.78, 5) is 15.1. The molecule has 236 valence electrons. The minimum Gasteiger partial charge on any atom is -0.208 e. The fourth-order valence-corrected chi connectivity index (χ4v) is 9.31. The molecule has 0 unspecified atom stereocenters. The quantitative estimate of drug-likeness (QED) is 0.188. The zero-order valence-electron chi connectivity index (χ0n) is 27.3. The standard InChI is InChI=1S/C47H27N3S/c1-3-12-29(13-4-1)45-48-46(30-14-5-2-6-15-30)50-47(49-45)39-27-24-33(31-18-7-8-19-32(31)39)38-26-25-37-35-21-10-17-28-16-9-20-34(41(28)35)36-22-11-23-40-42(36)43(37)44(38)51-40/h1-27H. The van der Waals surface area contributed by atoms with E-state index in [1.807, 2.05) is 47.7 Å². The lowest BCUT2D eigenvalue weighted by molar-refractivity contribution is 1.08. The number of fused-ring (bicyclic) bond motifs is 3. The second-order valence-corrected chi connectivity index (χ2v) is 14.2. The van der Waals surface area contributed by atoms with Crippen LogP contribution in [0, 0.1) is 0 Å². The Morgan fingerprint density at radius 3 is 1.47 bits per heavy atom. The number of rotatable bonds is 4. The number of thiophene rings is 1. The molecule has 0 N–H and O–H groups in total. The maximum absolute atomic E-state index is 5.09. The second kappa shape index (κ2) is 11.0. The van der Waals surface area contributed by atoms with Crippen LogP contribution in [-0.4, -0.2) is 15.0 Å². The lowest BCUT2D eigenvalue weighted by Gasteiger charge is -2.15. The van der Waals surface area contributed by atoms with Gasteiger partial charge in [-0.25, -0.2) is 15.0 Å². The summed E-state index contributed by atoms with van der Waals surface area (Å²) in [5.74, 6) is 1.98. The Bertz CT molecular complexity index is 2960. The summed E-state index contributed by atoms with van der Waals surface area (Å²) >= 11 is 1.90. The first-order valence-corrected chi connectivity index (χ1v) is 18.0. The van der Waals surface area contributed by atoms with E-state index in [-0.39, 0.29) is 0 Å². The Labute approximate surface area is 298 Å². The van der Waals surface area contributed by atoms with Crippen LogP contribution in [0.3, 0.4) is 0 Å². The largest absolute Gasteiger partial charge is 0.208 e. The van der Waals surface area contributed by atoms with Crippen LogP contribution in [0.2, 0.25) is 0 Å². The van der Waals surface area contributed by atoms with Gasteiger partial charge >= 0.3 is 0 Å². The molecule has 0 amide bonds. The van der Waals surface area contributed by atoms with Gasteiger partial charge in [-0.1, -0.05) is 152 Å². The normalized spacial score (nSPS) is 11.9. The first-order chi connectivity index (χ1) is 25.3. The van der Waals surface area contributed by atoms with Crippen molar-refractivity contribution >= 4 is 53.1 Å². The highest BCUT2D eigenvalue weighted by Gasteiger charge is 2.25. The van der Waals surface area contributed by atoms with E-state index in [1.165, 1.54) is 69.7 Å². The highest BCUT2D eigenvalue weighted by atomic mass is 32.1. The van der Waals surface area contributed by atoms with Crippen LogP contribution in [0.25, 0.3) is 109 Å². The van der Waals surface area contributed by atoms with Gasteiger partial charge in [-0.2, -0.15) is 0 Å². The molecule has 2 aromatic heterocycles. The lowest BCUT2D eigenvalue weighted by atomic mass is 9.91. The molecule has 3 nitrogen and oxygen atoms in total. The van der Waals surface area contributed by atoms with Crippen molar-refractivity contribution in [3.8, 4) is 67.5 Å². The Balaban J connectivity index is 1.16. The van der Waals surface area contributed by atoms with Gasteiger partial charge in [0.15, 0.2) is 17.5 Å². The fourth-order valence-electron chi connectivity index (χ4n) is 8.03. The van der Waals surface area contributed by atoms with Gasteiger partial charge in [0.2, 0.25) is 0 Å². The Morgan fingerprint density at radius 1 is 0.314 bits per heavy atom. The summed E-state index contributed by atoms with van der Waals surface area (Å²) in [6, 6.07) is 58.4. The number of benzene rings is 8. The van der Waals surface area contributed by atoms with Crippen molar-refractivity contribution in [2.45, 2.75) is 0 Å². The highest BCUT2D eigenvalue weighted by Crippen LogP contribution is 2.53. The van der Waals surface area contributed by atoms with Gasteiger partial charge in [0.25, 0.3) is 0 Å². The minimum absolute atomic E-state index is 0.660. The molecule has 2 heterocycles. The molecule has 10 aromatic rings. The lowest BCUT2D eigenvalue weighted by Crippen LogP contribution is -2.00. The third-order valence-electron chi connectivity index (χ3n) is 10.3. The molecule has 0 saturated carbocycles. The molecular formula is C47H27N3S. The van der Waals surface area contributed by atoms with Crippen LogP contribution in [-0.2, 0) is 0 Å². The maximum atomic E-state index is 5.09. The zero-order valence-corrected chi connectivity index (χ0v) is 28.2. The van der Waals surface area contributed by atoms with Crippen LogP contribution in [0.4, 0.5) is 0 Å². The van der Waals surface area contributed by atoms with E-state index in [9.17, 15) is 0 Å². The van der Waals surface area contributed by atoms with Gasteiger partial charge in [0, 0.05) is 42.4 Å². The van der Waals surface area contributed by atoms with Crippen molar-refractivity contribution < 1.29 is 0 Å². The molecule has 1 aliphatic carbocycles. The van der Waals surface area contributed by atoms with Gasteiger partial charge in [-0.15, -0.1) is 11.3 Å². The Kier molecular flexibility index (Phi) is 6.12. The molecule has 0 bridgehead atoms. The number of nitrogens with zero attached hydrogens (tertiary/aromatic N) is 3. The van der Waals surface area contributed by atoms with Crippen molar-refractivity contribution in [3.63, 3.8) is 0 Å².